The van der Waals surface area contributed by atoms with Crippen LogP contribution in [0.1, 0.15) is 5.69 Å². The van der Waals surface area contributed by atoms with Gasteiger partial charge in [0.15, 0.2) is 0 Å². The van der Waals surface area contributed by atoms with E-state index in [0.717, 1.165) is 24.5 Å². The molecule has 0 saturated heterocycles. The van der Waals surface area contributed by atoms with Gasteiger partial charge < -0.3 is 10.5 Å². The van der Waals surface area contributed by atoms with Gasteiger partial charge in [-0.3, -0.25) is 4.68 Å². The maximum absolute atomic E-state index is 5.60. The van der Waals surface area contributed by atoms with E-state index in [1.165, 1.54) is 0 Å². The lowest BCUT2D eigenvalue weighted by Crippen LogP contribution is -2.17. The zero-order chi connectivity index (χ0) is 6.97. The minimum absolute atomic E-state index is 0.603. The highest BCUT2D eigenvalue weighted by molar-refractivity contribution is 5.40. The second-order valence-corrected chi connectivity index (χ2v) is 2.32. The largest absolute Gasteiger partial charge is 0.396 e. The number of fused-ring (bicyclic) bond motifs is 1. The highest BCUT2D eigenvalue weighted by Crippen LogP contribution is 2.14. The number of nitrogens with two attached hydrogens (primary N) is 1. The van der Waals surface area contributed by atoms with Crippen molar-refractivity contribution in [3.63, 3.8) is 0 Å². The van der Waals surface area contributed by atoms with Crippen molar-refractivity contribution >= 4 is 5.69 Å². The van der Waals surface area contributed by atoms with Gasteiger partial charge in [0.2, 0.25) is 0 Å². The van der Waals surface area contributed by atoms with E-state index in [1.54, 1.807) is 6.20 Å². The van der Waals surface area contributed by atoms with Crippen molar-refractivity contribution in [1.29, 1.82) is 0 Å². The molecular weight excluding hydrogens is 130 g/mol. The molecule has 0 fully saturated rings. The monoisotopic (exact) mass is 139 g/mol. The van der Waals surface area contributed by atoms with E-state index in [-0.39, 0.29) is 0 Å². The van der Waals surface area contributed by atoms with E-state index < -0.39 is 0 Å². The summed E-state index contributed by atoms with van der Waals surface area (Å²) in [6.45, 7) is 2.17. The van der Waals surface area contributed by atoms with Gasteiger partial charge >= 0.3 is 0 Å². The first-order valence-corrected chi connectivity index (χ1v) is 3.26. The number of hydrogen-bond acceptors (Lipinski definition) is 3. The van der Waals surface area contributed by atoms with Crippen LogP contribution < -0.4 is 5.73 Å². The Morgan fingerprint density at radius 1 is 1.70 bits per heavy atom. The summed E-state index contributed by atoms with van der Waals surface area (Å²) in [5.41, 5.74) is 7.34. The van der Waals surface area contributed by atoms with E-state index in [9.17, 15) is 0 Å². The Kier molecular flexibility index (Phi) is 1.14. The van der Waals surface area contributed by atoms with Crippen molar-refractivity contribution in [1.82, 2.24) is 9.78 Å². The molecule has 0 bridgehead atoms. The number of rotatable bonds is 0. The summed E-state index contributed by atoms with van der Waals surface area (Å²) in [6, 6.07) is 0. The van der Waals surface area contributed by atoms with E-state index in [4.69, 9.17) is 10.5 Å². The molecule has 2 N–H and O–H groups in total. The summed E-state index contributed by atoms with van der Waals surface area (Å²) in [4.78, 5) is 0. The molecule has 0 unspecified atom stereocenters. The van der Waals surface area contributed by atoms with Crippen molar-refractivity contribution in [2.24, 2.45) is 0 Å². The molecule has 2 heterocycles. The molecule has 4 heteroatoms. The second kappa shape index (κ2) is 1.98. The van der Waals surface area contributed by atoms with Gasteiger partial charge in [-0.1, -0.05) is 0 Å². The molecule has 4 nitrogen and oxygen atoms in total. The topological polar surface area (TPSA) is 53.1 Å². The average Bonchev–Trinajstić information content (AvgIpc) is 2.34. The zero-order valence-electron chi connectivity index (χ0n) is 5.58. The standard InChI is InChI=1S/C6H9N3O/c7-5-3-8-9-1-2-10-4-6(5)9/h3H,1-2,4,7H2. The van der Waals surface area contributed by atoms with E-state index in [0.29, 0.717) is 6.61 Å². The molecule has 0 saturated carbocycles. The summed E-state index contributed by atoms with van der Waals surface area (Å²) in [5, 5.41) is 4.07. The lowest BCUT2D eigenvalue weighted by atomic mass is 10.3. The lowest BCUT2D eigenvalue weighted by Gasteiger charge is -2.13. The fourth-order valence-electron chi connectivity index (χ4n) is 1.10. The summed E-state index contributed by atoms with van der Waals surface area (Å²) >= 11 is 0. The van der Waals surface area contributed by atoms with Crippen LogP contribution in [0.2, 0.25) is 0 Å². The van der Waals surface area contributed by atoms with Gasteiger partial charge in [0, 0.05) is 0 Å². The Bertz CT molecular complexity index is 243. The van der Waals surface area contributed by atoms with Gasteiger partial charge in [-0.05, 0) is 0 Å². The Balaban J connectivity index is 2.45. The van der Waals surface area contributed by atoms with Crippen LogP contribution in [0.3, 0.4) is 0 Å². The first-order valence-electron chi connectivity index (χ1n) is 3.26. The third-order valence-electron chi connectivity index (χ3n) is 1.67. The maximum atomic E-state index is 5.60. The average molecular weight is 139 g/mol. The number of ether oxygens (including phenoxy) is 1. The quantitative estimate of drug-likeness (QED) is 0.550. The van der Waals surface area contributed by atoms with Crippen LogP contribution >= 0.6 is 0 Å². The SMILES string of the molecule is Nc1cnn2c1COCC2. The molecule has 1 aliphatic rings. The number of nitrogen functional groups attached to an aromatic ring is 1. The summed E-state index contributed by atoms with van der Waals surface area (Å²) in [5.74, 6) is 0. The predicted molar refractivity (Wildman–Crippen MR) is 36.3 cm³/mol. The fraction of sp³-hybridized carbons (Fsp3) is 0.500. The minimum atomic E-state index is 0.603. The van der Waals surface area contributed by atoms with Crippen molar-refractivity contribution in [3.05, 3.63) is 11.9 Å². The summed E-state index contributed by atoms with van der Waals surface area (Å²) in [7, 11) is 0. The molecule has 54 valence electrons. The van der Waals surface area contributed by atoms with Crippen LogP contribution in [-0.2, 0) is 17.9 Å². The highest BCUT2D eigenvalue weighted by atomic mass is 16.5. The molecule has 0 aromatic carbocycles. The summed E-state index contributed by atoms with van der Waals surface area (Å²) in [6.07, 6.45) is 1.67. The normalized spacial score (nSPS) is 16.8. The van der Waals surface area contributed by atoms with Crippen LogP contribution in [0.4, 0.5) is 5.69 Å². The summed E-state index contributed by atoms with van der Waals surface area (Å²) < 4.78 is 7.08. The van der Waals surface area contributed by atoms with Crippen molar-refractivity contribution in [2.45, 2.75) is 13.2 Å². The molecule has 2 rings (SSSR count). The molecule has 0 amide bonds. The van der Waals surface area contributed by atoms with Crippen molar-refractivity contribution in [3.8, 4) is 0 Å². The molecule has 1 aromatic rings. The Morgan fingerprint density at radius 2 is 2.60 bits per heavy atom. The molecular formula is C6H9N3O. The smallest absolute Gasteiger partial charge is 0.0906 e. The van der Waals surface area contributed by atoms with Gasteiger partial charge in [0.25, 0.3) is 0 Å². The van der Waals surface area contributed by atoms with Gasteiger partial charge in [0.1, 0.15) is 0 Å². The maximum Gasteiger partial charge on any atom is 0.0906 e. The van der Waals surface area contributed by atoms with Crippen LogP contribution in [0.5, 0.6) is 0 Å². The molecule has 1 aromatic heterocycles. The Morgan fingerprint density at radius 3 is 3.40 bits per heavy atom. The molecule has 1 aliphatic heterocycles. The van der Waals surface area contributed by atoms with E-state index in [1.807, 2.05) is 4.68 Å². The second-order valence-electron chi connectivity index (χ2n) is 2.32. The minimum Gasteiger partial charge on any atom is -0.396 e. The Hall–Kier alpha value is -1.03. The number of nitrogens with zero attached hydrogens (tertiary/aromatic N) is 2. The Labute approximate surface area is 58.6 Å². The van der Waals surface area contributed by atoms with Gasteiger partial charge in [-0.15, -0.1) is 0 Å². The van der Waals surface area contributed by atoms with Crippen molar-refractivity contribution < 1.29 is 4.74 Å². The van der Waals surface area contributed by atoms with Crippen LogP contribution in [0.15, 0.2) is 6.20 Å². The zero-order valence-corrected chi connectivity index (χ0v) is 5.58. The molecule has 0 spiro atoms. The van der Waals surface area contributed by atoms with Gasteiger partial charge in [0.05, 0.1) is 37.3 Å². The molecule has 0 aliphatic carbocycles. The number of anilines is 1. The van der Waals surface area contributed by atoms with Gasteiger partial charge in [-0.25, -0.2) is 0 Å². The predicted octanol–water partition coefficient (Wildman–Crippen LogP) is -0.00450. The van der Waals surface area contributed by atoms with E-state index in [2.05, 4.69) is 5.10 Å². The van der Waals surface area contributed by atoms with Gasteiger partial charge in [-0.2, -0.15) is 5.10 Å². The first kappa shape index (κ1) is 5.73. The number of hydrogen-bond donors (Lipinski definition) is 1. The van der Waals surface area contributed by atoms with E-state index >= 15 is 0 Å². The fourth-order valence-corrected chi connectivity index (χ4v) is 1.10. The van der Waals surface area contributed by atoms with Crippen LogP contribution in [0.25, 0.3) is 0 Å². The third-order valence-corrected chi connectivity index (χ3v) is 1.67. The van der Waals surface area contributed by atoms with Crippen LogP contribution in [0, 0.1) is 0 Å². The van der Waals surface area contributed by atoms with Crippen molar-refractivity contribution in [2.75, 3.05) is 12.3 Å². The highest BCUT2D eigenvalue weighted by Gasteiger charge is 2.11. The first-order chi connectivity index (χ1) is 4.88. The molecule has 0 radical (unpaired) electrons. The number of aromatic nitrogens is 2. The molecule has 0 atom stereocenters. The van der Waals surface area contributed by atoms with Crippen LogP contribution in [-0.4, -0.2) is 16.4 Å². The lowest BCUT2D eigenvalue weighted by molar-refractivity contribution is 0.0806. The third kappa shape index (κ3) is 0.690. The molecule has 10 heavy (non-hydrogen) atoms.